The van der Waals surface area contributed by atoms with Crippen LogP contribution in [0, 0.1) is 11.7 Å². The first-order valence-electron chi connectivity index (χ1n) is 10.9. The number of ether oxygens (including phenoxy) is 1. The highest BCUT2D eigenvalue weighted by atomic mass is 19.1. The molecule has 1 fully saturated rings. The Balaban J connectivity index is 1.26. The van der Waals surface area contributed by atoms with Gasteiger partial charge < -0.3 is 14.1 Å². The summed E-state index contributed by atoms with van der Waals surface area (Å²) in [5, 5.41) is 0. The number of para-hydroxylation sites is 1. The van der Waals surface area contributed by atoms with Gasteiger partial charge in [0.1, 0.15) is 23.9 Å². The molecule has 2 heterocycles. The van der Waals surface area contributed by atoms with Gasteiger partial charge in [-0.15, -0.1) is 0 Å². The predicted molar refractivity (Wildman–Crippen MR) is 120 cm³/mol. The number of nitrogens with zero attached hydrogens (tertiary/aromatic N) is 1. The molecule has 9 heteroatoms. The number of carbonyl (C=O) groups is 3. The summed E-state index contributed by atoms with van der Waals surface area (Å²) in [6.07, 6.45) is 1.22. The fraction of sp³-hybridized carbons (Fsp3) is 0.240. The van der Waals surface area contributed by atoms with E-state index in [9.17, 15) is 18.8 Å². The third-order valence-electron chi connectivity index (χ3n) is 5.48. The van der Waals surface area contributed by atoms with Crippen LogP contribution in [-0.2, 0) is 11.4 Å². The van der Waals surface area contributed by atoms with Gasteiger partial charge in [0, 0.05) is 18.7 Å². The van der Waals surface area contributed by atoms with Crippen molar-refractivity contribution in [1.29, 1.82) is 0 Å². The van der Waals surface area contributed by atoms with E-state index in [-0.39, 0.29) is 24.8 Å². The third-order valence-corrected chi connectivity index (χ3v) is 5.48. The Morgan fingerprint density at radius 1 is 1.00 bits per heavy atom. The summed E-state index contributed by atoms with van der Waals surface area (Å²) in [6.45, 7) is 0.871. The lowest BCUT2D eigenvalue weighted by atomic mass is 9.96. The number of benzene rings is 2. The number of amides is 3. The lowest BCUT2D eigenvalue weighted by Crippen LogP contribution is -2.50. The van der Waals surface area contributed by atoms with Gasteiger partial charge in [0.05, 0.1) is 5.92 Å². The van der Waals surface area contributed by atoms with Crippen LogP contribution in [0.2, 0.25) is 0 Å². The number of nitrogens with one attached hydrogen (secondary N) is 2. The highest BCUT2D eigenvalue weighted by molar-refractivity contribution is 5.95. The molecule has 0 spiro atoms. The summed E-state index contributed by atoms with van der Waals surface area (Å²) >= 11 is 0. The van der Waals surface area contributed by atoms with Crippen LogP contribution in [-0.4, -0.2) is 35.7 Å². The lowest BCUT2D eigenvalue weighted by Gasteiger charge is -2.32. The molecule has 1 aliphatic rings. The maximum Gasteiger partial charge on any atom is 0.305 e. The lowest BCUT2D eigenvalue weighted by molar-refractivity contribution is -0.127. The van der Waals surface area contributed by atoms with E-state index >= 15 is 0 Å². The van der Waals surface area contributed by atoms with E-state index in [2.05, 4.69) is 10.9 Å². The van der Waals surface area contributed by atoms with Gasteiger partial charge in [-0.3, -0.25) is 25.2 Å². The van der Waals surface area contributed by atoms with Crippen LogP contribution in [0.25, 0.3) is 0 Å². The largest absolute Gasteiger partial charge is 0.486 e. The molecular formula is C25H24FN3O5. The molecule has 8 nitrogen and oxygen atoms in total. The normalized spacial score (nSPS) is 15.4. The fourth-order valence-corrected chi connectivity index (χ4v) is 3.68. The minimum atomic E-state index is -0.602. The molecule has 1 aliphatic heterocycles. The Hall–Kier alpha value is -4.14. The molecule has 0 aliphatic carbocycles. The summed E-state index contributed by atoms with van der Waals surface area (Å²) in [5.41, 5.74) is 5.12. The molecule has 0 bridgehead atoms. The number of hydrazine groups is 1. The Labute approximate surface area is 195 Å². The zero-order chi connectivity index (χ0) is 23.9. The number of piperidine rings is 1. The van der Waals surface area contributed by atoms with Crippen molar-refractivity contribution in [2.45, 2.75) is 19.4 Å². The van der Waals surface area contributed by atoms with Crippen LogP contribution < -0.4 is 15.6 Å². The monoisotopic (exact) mass is 465 g/mol. The van der Waals surface area contributed by atoms with Crippen LogP contribution >= 0.6 is 0 Å². The van der Waals surface area contributed by atoms with Crippen LogP contribution in [0.3, 0.4) is 0 Å². The second-order valence-corrected chi connectivity index (χ2v) is 7.91. The zero-order valence-corrected chi connectivity index (χ0v) is 18.3. The summed E-state index contributed by atoms with van der Waals surface area (Å²) in [6, 6.07) is 17.6. The van der Waals surface area contributed by atoms with E-state index in [1.807, 2.05) is 30.3 Å². The molecule has 4 rings (SSSR count). The van der Waals surface area contributed by atoms with Gasteiger partial charge in [-0.1, -0.05) is 18.2 Å². The average molecular weight is 465 g/mol. The summed E-state index contributed by atoms with van der Waals surface area (Å²) in [4.78, 5) is 39.2. The topological polar surface area (TPSA) is 101 Å². The molecular weight excluding hydrogens is 441 g/mol. The van der Waals surface area contributed by atoms with Gasteiger partial charge in [-0.25, -0.2) is 4.39 Å². The first-order valence-corrected chi connectivity index (χ1v) is 10.9. The number of hydrogen-bond donors (Lipinski definition) is 2. The minimum absolute atomic E-state index is 0.0312. The van der Waals surface area contributed by atoms with Crippen LogP contribution in [0.15, 0.2) is 71.1 Å². The molecule has 2 N–H and O–H groups in total. The highest BCUT2D eigenvalue weighted by Gasteiger charge is 2.29. The number of likely N-dealkylation sites (tertiary alicyclic amines) is 1. The zero-order valence-electron chi connectivity index (χ0n) is 18.3. The first kappa shape index (κ1) is 23.0. The Morgan fingerprint density at radius 3 is 2.53 bits per heavy atom. The molecule has 1 aromatic heterocycles. The minimum Gasteiger partial charge on any atom is -0.486 e. The number of furan rings is 1. The maximum atomic E-state index is 13.1. The van der Waals surface area contributed by atoms with Crippen molar-refractivity contribution >= 4 is 17.7 Å². The maximum absolute atomic E-state index is 13.1. The molecule has 0 radical (unpaired) electrons. The molecule has 2 aromatic carbocycles. The molecule has 3 aromatic rings. The van der Waals surface area contributed by atoms with E-state index in [0.29, 0.717) is 36.5 Å². The number of carbonyl (C=O) groups excluding carboxylic acids is 3. The van der Waals surface area contributed by atoms with E-state index in [1.54, 1.807) is 11.0 Å². The molecule has 1 unspecified atom stereocenters. The Bertz CT molecular complexity index is 1150. The van der Waals surface area contributed by atoms with E-state index in [0.717, 1.165) is 0 Å². The molecule has 0 saturated carbocycles. The predicted octanol–water partition coefficient (Wildman–Crippen LogP) is 3.31. The van der Waals surface area contributed by atoms with E-state index < -0.39 is 23.5 Å². The molecule has 1 atom stereocenters. The second-order valence-electron chi connectivity index (χ2n) is 7.91. The second kappa shape index (κ2) is 10.7. The standard InChI is InChI=1S/C25H24FN3O5/c26-19-10-8-17(9-11-19)25(32)29-14-4-5-18(15-29)23(30)27-28-24(31)22-13-12-21(34-22)16-33-20-6-2-1-3-7-20/h1-3,6-13,18H,4-5,14-16H2,(H,27,30)(H,28,31). The van der Waals surface area contributed by atoms with Gasteiger partial charge in [-0.2, -0.15) is 0 Å². The summed E-state index contributed by atoms with van der Waals surface area (Å²) < 4.78 is 24.2. The van der Waals surface area contributed by atoms with Crippen molar-refractivity contribution in [2.24, 2.45) is 5.92 Å². The van der Waals surface area contributed by atoms with Crippen LogP contribution in [0.1, 0.15) is 39.5 Å². The fourth-order valence-electron chi connectivity index (χ4n) is 3.68. The molecule has 3 amide bonds. The highest BCUT2D eigenvalue weighted by Crippen LogP contribution is 2.19. The van der Waals surface area contributed by atoms with Gasteiger partial charge >= 0.3 is 5.91 Å². The van der Waals surface area contributed by atoms with Crippen molar-refractivity contribution in [2.75, 3.05) is 13.1 Å². The smallest absolute Gasteiger partial charge is 0.305 e. The van der Waals surface area contributed by atoms with E-state index in [4.69, 9.17) is 9.15 Å². The van der Waals surface area contributed by atoms with Crippen LogP contribution in [0.5, 0.6) is 5.75 Å². The first-order chi connectivity index (χ1) is 16.5. The van der Waals surface area contributed by atoms with Crippen LogP contribution in [0.4, 0.5) is 4.39 Å². The Kier molecular flexibility index (Phi) is 7.22. The summed E-state index contributed by atoms with van der Waals surface area (Å²) in [5.74, 6) is -0.996. The van der Waals surface area contributed by atoms with Crippen molar-refractivity contribution < 1.29 is 27.9 Å². The van der Waals surface area contributed by atoms with E-state index in [1.165, 1.54) is 30.3 Å². The van der Waals surface area contributed by atoms with Crippen molar-refractivity contribution in [3.05, 3.63) is 89.6 Å². The van der Waals surface area contributed by atoms with Crippen molar-refractivity contribution in [3.8, 4) is 5.75 Å². The van der Waals surface area contributed by atoms with Gasteiger partial charge in [0.25, 0.3) is 5.91 Å². The third kappa shape index (κ3) is 5.80. The van der Waals surface area contributed by atoms with Gasteiger partial charge in [0.2, 0.25) is 5.91 Å². The summed E-state index contributed by atoms with van der Waals surface area (Å²) in [7, 11) is 0. The average Bonchev–Trinajstić information content (AvgIpc) is 3.36. The SMILES string of the molecule is O=C(NNC(=O)C1CCCN(C(=O)c2ccc(F)cc2)C1)c1ccc(COc2ccccc2)o1. The van der Waals surface area contributed by atoms with Gasteiger partial charge in [-0.05, 0) is 61.4 Å². The number of halogens is 1. The molecule has 1 saturated heterocycles. The Morgan fingerprint density at radius 2 is 1.76 bits per heavy atom. The van der Waals surface area contributed by atoms with Gasteiger partial charge in [0.15, 0.2) is 5.76 Å². The molecule has 34 heavy (non-hydrogen) atoms. The molecule has 176 valence electrons. The quantitative estimate of drug-likeness (QED) is 0.544. The number of rotatable bonds is 6. The number of hydrogen-bond acceptors (Lipinski definition) is 5. The van der Waals surface area contributed by atoms with Crippen molar-refractivity contribution in [3.63, 3.8) is 0 Å². The van der Waals surface area contributed by atoms with Crippen molar-refractivity contribution in [1.82, 2.24) is 15.8 Å².